The van der Waals surface area contributed by atoms with Crippen LogP contribution in [-0.2, 0) is 14.4 Å². The van der Waals surface area contributed by atoms with Gasteiger partial charge >= 0.3 is 5.97 Å². The maximum Gasteiger partial charge on any atom is 0.353 e. The summed E-state index contributed by atoms with van der Waals surface area (Å²) in [7, 11) is 0. The van der Waals surface area contributed by atoms with Crippen LogP contribution in [0, 0.1) is 5.92 Å². The number of carboxylic acid groups (broad SMARTS) is 1. The third-order valence-corrected chi connectivity index (χ3v) is 6.50. The van der Waals surface area contributed by atoms with Crippen LogP contribution in [0.4, 0.5) is 0 Å². The molecule has 3 N–H and O–H groups in total. The van der Waals surface area contributed by atoms with Gasteiger partial charge in [0.15, 0.2) is 0 Å². The summed E-state index contributed by atoms with van der Waals surface area (Å²) in [5, 5.41) is 16.0. The van der Waals surface area contributed by atoms with Gasteiger partial charge in [-0.3, -0.25) is 9.59 Å². The van der Waals surface area contributed by atoms with Crippen molar-refractivity contribution in [1.29, 1.82) is 0 Å². The monoisotopic (exact) mass is 353 g/mol. The fourth-order valence-corrected chi connectivity index (χ4v) is 5.35. The second-order valence-electron chi connectivity index (χ2n) is 6.59. The van der Waals surface area contributed by atoms with E-state index in [0.29, 0.717) is 36.6 Å². The number of carbonyl (C=O) groups is 3. The molecule has 7 nitrogen and oxygen atoms in total. The van der Waals surface area contributed by atoms with E-state index in [9.17, 15) is 19.5 Å². The first kappa shape index (κ1) is 17.3. The molecule has 4 atom stereocenters. The molecule has 3 aliphatic heterocycles. The average molecular weight is 353 g/mol. The van der Waals surface area contributed by atoms with E-state index in [1.165, 1.54) is 4.90 Å². The highest BCUT2D eigenvalue weighted by atomic mass is 32.2. The van der Waals surface area contributed by atoms with E-state index in [1.807, 2.05) is 0 Å². The predicted octanol–water partition coefficient (Wildman–Crippen LogP) is 0.523. The van der Waals surface area contributed by atoms with E-state index in [4.69, 9.17) is 0 Å². The van der Waals surface area contributed by atoms with Crippen LogP contribution in [0.5, 0.6) is 0 Å². The molecule has 3 rings (SSSR count). The molecule has 0 radical (unpaired) electrons. The van der Waals surface area contributed by atoms with Crippen LogP contribution in [0.15, 0.2) is 10.6 Å². The minimum Gasteiger partial charge on any atom is -0.477 e. The van der Waals surface area contributed by atoms with Gasteiger partial charge in [-0.05, 0) is 12.3 Å². The van der Waals surface area contributed by atoms with Crippen molar-refractivity contribution < 1.29 is 19.5 Å². The molecule has 2 fully saturated rings. The molecule has 3 heterocycles. The first-order valence-electron chi connectivity index (χ1n) is 8.40. The van der Waals surface area contributed by atoms with Crippen LogP contribution in [0.2, 0.25) is 0 Å². The number of nitrogens with zero attached hydrogens (tertiary/aromatic N) is 1. The summed E-state index contributed by atoms with van der Waals surface area (Å²) in [6, 6.07) is 0.380. The van der Waals surface area contributed by atoms with E-state index in [-0.39, 0.29) is 17.6 Å². The number of thioether (sulfide) groups is 1. The average Bonchev–Trinajstić information content (AvgIpc) is 3.11. The van der Waals surface area contributed by atoms with Crippen molar-refractivity contribution in [2.75, 3.05) is 13.1 Å². The third-order valence-electron chi connectivity index (χ3n) is 5.16. The lowest BCUT2D eigenvalue weighted by atomic mass is 9.95. The summed E-state index contributed by atoms with van der Waals surface area (Å²) in [6.07, 6.45) is 3.78. The van der Waals surface area contributed by atoms with Crippen LogP contribution in [0.1, 0.15) is 32.6 Å². The maximum atomic E-state index is 11.7. The third kappa shape index (κ3) is 3.17. The molecule has 2 saturated heterocycles. The molecule has 0 aromatic carbocycles. The highest BCUT2D eigenvalue weighted by molar-refractivity contribution is 8.03. The lowest BCUT2D eigenvalue weighted by Gasteiger charge is -2.34. The van der Waals surface area contributed by atoms with E-state index in [0.717, 1.165) is 30.7 Å². The molecule has 3 aliphatic rings. The number of β-lactam (4-membered cyclic amide) rings is 1. The number of nitrogens with one attached hydrogen (secondary N) is 2. The Kier molecular flexibility index (Phi) is 5.15. The number of carboxylic acids is 1. The predicted molar refractivity (Wildman–Crippen MR) is 90.2 cm³/mol. The summed E-state index contributed by atoms with van der Waals surface area (Å²) in [6.45, 7) is 3.59. The Bertz CT molecular complexity index is 580. The van der Waals surface area contributed by atoms with Crippen LogP contribution in [0.3, 0.4) is 0 Å². The van der Waals surface area contributed by atoms with Gasteiger partial charge in [0.2, 0.25) is 12.3 Å². The molecule has 0 aromatic heterocycles. The van der Waals surface area contributed by atoms with E-state index < -0.39 is 5.97 Å². The first-order chi connectivity index (χ1) is 11.5. The highest BCUT2D eigenvalue weighted by Gasteiger charge is 2.48. The number of amides is 2. The SMILES string of the molecule is CCC(CNC=O)C1CC(SC2=C(C(=O)O)N3C(=O)CC3C2)CN1. The van der Waals surface area contributed by atoms with Gasteiger partial charge in [-0.2, -0.15) is 0 Å². The minimum atomic E-state index is -1.00. The lowest BCUT2D eigenvalue weighted by molar-refractivity contribution is -0.147. The fraction of sp³-hybridized carbons (Fsp3) is 0.688. The Labute approximate surface area is 145 Å². The Morgan fingerprint density at radius 3 is 2.96 bits per heavy atom. The Balaban J connectivity index is 1.62. The van der Waals surface area contributed by atoms with Crippen LogP contribution < -0.4 is 10.6 Å². The summed E-state index contributed by atoms with van der Waals surface area (Å²) in [5.74, 6) is -0.711. The molecule has 0 spiro atoms. The highest BCUT2D eigenvalue weighted by Crippen LogP contribution is 2.45. The van der Waals surface area contributed by atoms with E-state index >= 15 is 0 Å². The summed E-state index contributed by atoms with van der Waals surface area (Å²) in [4.78, 5) is 36.0. The van der Waals surface area contributed by atoms with Crippen molar-refractivity contribution in [2.24, 2.45) is 5.92 Å². The second-order valence-corrected chi connectivity index (χ2v) is 7.98. The van der Waals surface area contributed by atoms with Crippen molar-refractivity contribution in [3.05, 3.63) is 10.6 Å². The van der Waals surface area contributed by atoms with E-state index in [1.54, 1.807) is 11.8 Å². The van der Waals surface area contributed by atoms with Crippen LogP contribution >= 0.6 is 11.8 Å². The van der Waals surface area contributed by atoms with Gasteiger partial charge in [0.25, 0.3) is 0 Å². The molecule has 132 valence electrons. The summed E-state index contributed by atoms with van der Waals surface area (Å²) < 4.78 is 0. The fourth-order valence-electron chi connectivity index (χ4n) is 3.88. The Hall–Kier alpha value is -1.54. The number of rotatable bonds is 8. The lowest BCUT2D eigenvalue weighted by Crippen LogP contribution is -2.49. The zero-order valence-corrected chi connectivity index (χ0v) is 14.5. The largest absolute Gasteiger partial charge is 0.477 e. The quantitative estimate of drug-likeness (QED) is 0.435. The van der Waals surface area contributed by atoms with Crippen LogP contribution in [-0.4, -0.2) is 58.7 Å². The van der Waals surface area contributed by atoms with Gasteiger partial charge in [-0.15, -0.1) is 11.8 Å². The summed E-state index contributed by atoms with van der Waals surface area (Å²) in [5.41, 5.74) is 0.194. The van der Waals surface area contributed by atoms with E-state index in [2.05, 4.69) is 17.6 Å². The van der Waals surface area contributed by atoms with Gasteiger partial charge in [0.1, 0.15) is 5.70 Å². The molecule has 24 heavy (non-hydrogen) atoms. The van der Waals surface area contributed by atoms with Crippen molar-refractivity contribution in [3.63, 3.8) is 0 Å². The number of hydrogen-bond donors (Lipinski definition) is 3. The minimum absolute atomic E-state index is 0.0523. The van der Waals surface area contributed by atoms with Gasteiger partial charge in [-0.1, -0.05) is 13.3 Å². The first-order valence-corrected chi connectivity index (χ1v) is 9.28. The molecular formula is C16H23N3O4S. The molecule has 2 amide bonds. The van der Waals surface area contributed by atoms with Gasteiger partial charge in [-0.25, -0.2) is 4.79 Å². The molecule has 8 heteroatoms. The summed E-state index contributed by atoms with van der Waals surface area (Å²) >= 11 is 1.61. The standard InChI is InChI=1S/C16H23N3O4S/c1-2-9(6-17-8-20)12-5-11(7-18-12)24-13-3-10-4-14(21)19(10)15(13)16(22)23/h8-12,18H,2-7H2,1H3,(H,17,20)(H,22,23). The number of hydrogen-bond acceptors (Lipinski definition) is 5. The van der Waals surface area contributed by atoms with Crippen LogP contribution in [0.25, 0.3) is 0 Å². The molecule has 0 saturated carbocycles. The zero-order valence-electron chi connectivity index (χ0n) is 13.7. The molecule has 0 bridgehead atoms. The number of fused-ring (bicyclic) bond motifs is 1. The van der Waals surface area contributed by atoms with Gasteiger partial charge in [0, 0.05) is 42.1 Å². The Morgan fingerprint density at radius 1 is 1.54 bits per heavy atom. The topological polar surface area (TPSA) is 98.7 Å². The van der Waals surface area contributed by atoms with Gasteiger partial charge < -0.3 is 20.6 Å². The molecule has 4 unspecified atom stereocenters. The van der Waals surface area contributed by atoms with Crippen molar-refractivity contribution >= 4 is 30.0 Å². The smallest absolute Gasteiger partial charge is 0.353 e. The maximum absolute atomic E-state index is 11.7. The number of carbonyl (C=O) groups excluding carboxylic acids is 2. The van der Waals surface area contributed by atoms with Crippen molar-refractivity contribution in [2.45, 2.75) is 49.9 Å². The van der Waals surface area contributed by atoms with Crippen molar-refractivity contribution in [1.82, 2.24) is 15.5 Å². The normalized spacial score (nSPS) is 30.1. The number of aliphatic carboxylic acids is 1. The molecular weight excluding hydrogens is 330 g/mol. The van der Waals surface area contributed by atoms with Gasteiger partial charge in [0.05, 0.1) is 6.04 Å². The second kappa shape index (κ2) is 7.14. The molecule has 0 aromatic rings. The Morgan fingerprint density at radius 2 is 2.33 bits per heavy atom. The molecule has 0 aliphatic carbocycles. The van der Waals surface area contributed by atoms with Crippen molar-refractivity contribution in [3.8, 4) is 0 Å². The zero-order chi connectivity index (χ0) is 17.3.